The number of aryl methyl sites for hydroxylation is 1. The molecule has 1 atom stereocenters. The molecule has 1 heterocycles. The Morgan fingerprint density at radius 1 is 1.11 bits per heavy atom. The van der Waals surface area contributed by atoms with Crippen LogP contribution in [0, 0.1) is 12.7 Å². The van der Waals surface area contributed by atoms with E-state index in [9.17, 15) is 9.18 Å². The van der Waals surface area contributed by atoms with Gasteiger partial charge in [-0.1, -0.05) is 42.0 Å². The molecule has 1 aliphatic carbocycles. The molecule has 4 rings (SSSR count). The van der Waals surface area contributed by atoms with E-state index in [4.69, 9.17) is 0 Å². The van der Waals surface area contributed by atoms with Crippen LogP contribution in [0.2, 0.25) is 0 Å². The van der Waals surface area contributed by atoms with Gasteiger partial charge in [0, 0.05) is 38.8 Å². The first-order chi connectivity index (χ1) is 13.6. The van der Waals surface area contributed by atoms with Crippen molar-refractivity contribution in [3.05, 3.63) is 71.0 Å². The van der Waals surface area contributed by atoms with Gasteiger partial charge in [-0.05, 0) is 43.0 Å². The normalized spacial score (nSPS) is 19.4. The van der Waals surface area contributed by atoms with E-state index in [0.717, 1.165) is 51.1 Å². The van der Waals surface area contributed by atoms with Gasteiger partial charge in [0.1, 0.15) is 11.9 Å². The first kappa shape index (κ1) is 19.1. The molecule has 148 valence electrons. The van der Waals surface area contributed by atoms with Crippen molar-refractivity contribution in [2.75, 3.05) is 26.2 Å². The van der Waals surface area contributed by atoms with Crippen LogP contribution in [0.25, 0.3) is 0 Å². The maximum Gasteiger partial charge on any atom is 0.242 e. The van der Waals surface area contributed by atoms with Gasteiger partial charge in [0.15, 0.2) is 0 Å². The van der Waals surface area contributed by atoms with Gasteiger partial charge in [-0.2, -0.15) is 0 Å². The second kappa shape index (κ2) is 8.41. The summed E-state index contributed by atoms with van der Waals surface area (Å²) >= 11 is 0. The van der Waals surface area contributed by atoms with Gasteiger partial charge >= 0.3 is 0 Å². The number of carbonyl (C=O) groups excluding carboxylic acids is 1. The Morgan fingerprint density at radius 3 is 2.46 bits per heavy atom. The Kier molecular flexibility index (Phi) is 5.74. The number of rotatable bonds is 6. The Bertz CT molecular complexity index is 811. The van der Waals surface area contributed by atoms with E-state index in [1.54, 1.807) is 12.1 Å². The van der Waals surface area contributed by atoms with Gasteiger partial charge in [-0.15, -0.1) is 0 Å². The van der Waals surface area contributed by atoms with E-state index in [2.05, 4.69) is 46.3 Å². The van der Waals surface area contributed by atoms with Crippen molar-refractivity contribution in [1.29, 1.82) is 0 Å². The molecule has 1 saturated heterocycles. The topological polar surface area (TPSA) is 35.6 Å². The SMILES string of the molecule is Cc1cccc(CN2CCN(C(C(=O)NC3CC3)c3ccc(F)cc3)CC2)c1. The number of nitrogens with zero attached hydrogens (tertiary/aromatic N) is 2. The van der Waals surface area contributed by atoms with E-state index < -0.39 is 0 Å². The highest BCUT2D eigenvalue weighted by molar-refractivity contribution is 5.83. The van der Waals surface area contributed by atoms with Crippen molar-refractivity contribution < 1.29 is 9.18 Å². The third-order valence-electron chi connectivity index (χ3n) is 5.62. The predicted molar refractivity (Wildman–Crippen MR) is 108 cm³/mol. The van der Waals surface area contributed by atoms with Crippen molar-refractivity contribution in [2.24, 2.45) is 0 Å². The Labute approximate surface area is 166 Å². The molecule has 1 unspecified atom stereocenters. The molecule has 4 nitrogen and oxygen atoms in total. The van der Waals surface area contributed by atoms with Crippen LogP contribution in [0.15, 0.2) is 48.5 Å². The van der Waals surface area contributed by atoms with Crippen LogP contribution in [-0.4, -0.2) is 47.9 Å². The number of halogens is 1. The van der Waals surface area contributed by atoms with Crippen LogP contribution in [0.1, 0.15) is 35.6 Å². The number of benzene rings is 2. The molecule has 0 bridgehead atoms. The summed E-state index contributed by atoms with van der Waals surface area (Å²) in [5.74, 6) is -0.227. The lowest BCUT2D eigenvalue weighted by molar-refractivity contribution is -0.127. The number of amides is 1. The minimum Gasteiger partial charge on any atom is -0.352 e. The lowest BCUT2D eigenvalue weighted by atomic mass is 10.0. The summed E-state index contributed by atoms with van der Waals surface area (Å²) in [5.41, 5.74) is 3.48. The molecule has 1 amide bonds. The van der Waals surface area contributed by atoms with Crippen LogP contribution in [-0.2, 0) is 11.3 Å². The number of hydrogen-bond donors (Lipinski definition) is 1. The molecular weight excluding hydrogens is 353 g/mol. The zero-order valence-electron chi connectivity index (χ0n) is 16.4. The van der Waals surface area contributed by atoms with Gasteiger partial charge < -0.3 is 5.32 Å². The molecule has 2 aromatic carbocycles. The Hall–Kier alpha value is -2.24. The van der Waals surface area contributed by atoms with Gasteiger partial charge in [0.05, 0.1) is 0 Å². The number of nitrogens with one attached hydrogen (secondary N) is 1. The van der Waals surface area contributed by atoms with Gasteiger partial charge in [-0.25, -0.2) is 4.39 Å². The van der Waals surface area contributed by atoms with Crippen molar-refractivity contribution in [3.8, 4) is 0 Å². The fourth-order valence-electron chi connectivity index (χ4n) is 3.93. The molecule has 0 spiro atoms. The zero-order valence-corrected chi connectivity index (χ0v) is 16.4. The lowest BCUT2D eigenvalue weighted by Crippen LogP contribution is -2.51. The second-order valence-corrected chi connectivity index (χ2v) is 8.04. The first-order valence-corrected chi connectivity index (χ1v) is 10.2. The minimum absolute atomic E-state index is 0.0428. The fraction of sp³-hybridized carbons (Fsp3) is 0.435. The molecule has 1 N–H and O–H groups in total. The van der Waals surface area contributed by atoms with E-state index in [0.29, 0.717) is 6.04 Å². The summed E-state index contributed by atoms with van der Waals surface area (Å²) in [5, 5.41) is 3.13. The van der Waals surface area contributed by atoms with Gasteiger partial charge in [-0.3, -0.25) is 14.6 Å². The maximum absolute atomic E-state index is 13.4. The predicted octanol–water partition coefficient (Wildman–Crippen LogP) is 3.27. The molecule has 0 radical (unpaired) electrons. The average Bonchev–Trinajstić information content (AvgIpc) is 3.49. The third-order valence-corrected chi connectivity index (χ3v) is 5.62. The van der Waals surface area contributed by atoms with Crippen LogP contribution in [0.4, 0.5) is 4.39 Å². The highest BCUT2D eigenvalue weighted by Gasteiger charge is 2.33. The van der Waals surface area contributed by atoms with E-state index >= 15 is 0 Å². The summed E-state index contributed by atoms with van der Waals surface area (Å²) < 4.78 is 13.4. The monoisotopic (exact) mass is 381 g/mol. The number of hydrogen-bond acceptors (Lipinski definition) is 3. The molecule has 2 aliphatic rings. The summed E-state index contributed by atoms with van der Waals surface area (Å²) in [6.07, 6.45) is 2.12. The summed E-state index contributed by atoms with van der Waals surface area (Å²) in [4.78, 5) is 17.6. The Morgan fingerprint density at radius 2 is 1.82 bits per heavy atom. The smallest absolute Gasteiger partial charge is 0.242 e. The van der Waals surface area contributed by atoms with Crippen molar-refractivity contribution >= 4 is 5.91 Å². The number of carbonyl (C=O) groups is 1. The van der Waals surface area contributed by atoms with Crippen LogP contribution < -0.4 is 5.32 Å². The lowest BCUT2D eigenvalue weighted by Gasteiger charge is -2.39. The molecule has 5 heteroatoms. The zero-order chi connectivity index (χ0) is 19.5. The summed E-state index contributed by atoms with van der Waals surface area (Å²) in [6, 6.07) is 15.0. The number of piperazine rings is 1. The molecule has 28 heavy (non-hydrogen) atoms. The van der Waals surface area contributed by atoms with Crippen LogP contribution >= 0.6 is 0 Å². The first-order valence-electron chi connectivity index (χ1n) is 10.2. The van der Waals surface area contributed by atoms with Gasteiger partial charge in [0.2, 0.25) is 5.91 Å². The van der Waals surface area contributed by atoms with Crippen LogP contribution in [0.3, 0.4) is 0 Å². The highest BCUT2D eigenvalue weighted by Crippen LogP contribution is 2.26. The molecule has 1 aliphatic heterocycles. The molecule has 2 fully saturated rings. The van der Waals surface area contributed by atoms with Crippen molar-refractivity contribution in [2.45, 2.75) is 38.4 Å². The van der Waals surface area contributed by atoms with Crippen molar-refractivity contribution in [1.82, 2.24) is 15.1 Å². The Balaban J connectivity index is 1.42. The molecule has 1 saturated carbocycles. The molecule has 2 aromatic rings. The van der Waals surface area contributed by atoms with E-state index in [1.807, 2.05) is 0 Å². The maximum atomic E-state index is 13.4. The van der Waals surface area contributed by atoms with Crippen LogP contribution in [0.5, 0.6) is 0 Å². The molecular formula is C23H28FN3O. The average molecular weight is 381 g/mol. The van der Waals surface area contributed by atoms with E-state index in [1.165, 1.54) is 23.3 Å². The standard InChI is InChI=1S/C23H28FN3O/c1-17-3-2-4-18(15-17)16-26-11-13-27(14-12-26)22(23(28)25-21-9-10-21)19-5-7-20(24)8-6-19/h2-8,15,21-22H,9-14,16H2,1H3,(H,25,28). The summed E-state index contributed by atoms with van der Waals surface area (Å²) in [7, 11) is 0. The second-order valence-electron chi connectivity index (χ2n) is 8.04. The quantitative estimate of drug-likeness (QED) is 0.834. The third kappa shape index (κ3) is 4.78. The minimum atomic E-state index is -0.345. The summed E-state index contributed by atoms with van der Waals surface area (Å²) in [6.45, 7) is 6.54. The molecule has 0 aromatic heterocycles. The fourth-order valence-corrected chi connectivity index (χ4v) is 3.93. The largest absolute Gasteiger partial charge is 0.352 e. The van der Waals surface area contributed by atoms with Gasteiger partial charge in [0.25, 0.3) is 0 Å². The highest BCUT2D eigenvalue weighted by atomic mass is 19.1. The van der Waals surface area contributed by atoms with Crippen molar-refractivity contribution in [3.63, 3.8) is 0 Å². The van der Waals surface area contributed by atoms with E-state index in [-0.39, 0.29) is 17.8 Å².